The number of hydrogen-bond acceptors (Lipinski definition) is 5. The Kier molecular flexibility index (Phi) is 4.89. The number of amides is 2. The molecule has 31 heavy (non-hydrogen) atoms. The number of hydrogen-bond donors (Lipinski definition) is 2. The SMILES string of the molecule is Cc1ccc(C(=O)NCc2nnc3n2CCC3)cc1NC(=O)c1ccc2c(c1)CCO2. The maximum Gasteiger partial charge on any atom is 0.255 e. The molecule has 0 saturated carbocycles. The number of carbonyl (C=O) groups excluding carboxylic acids is 2. The fourth-order valence-corrected chi connectivity index (χ4v) is 4.02. The second kappa shape index (κ2) is 7.86. The van der Waals surface area contributed by atoms with Crippen molar-refractivity contribution >= 4 is 17.5 Å². The van der Waals surface area contributed by atoms with Gasteiger partial charge in [-0.1, -0.05) is 6.07 Å². The summed E-state index contributed by atoms with van der Waals surface area (Å²) in [5.74, 6) is 2.14. The summed E-state index contributed by atoms with van der Waals surface area (Å²) in [5.41, 5.74) is 3.57. The van der Waals surface area contributed by atoms with Crippen LogP contribution in [0.4, 0.5) is 5.69 Å². The fourth-order valence-electron chi connectivity index (χ4n) is 4.02. The van der Waals surface area contributed by atoms with Gasteiger partial charge >= 0.3 is 0 Å². The Bertz CT molecular complexity index is 1180. The molecular formula is C23H23N5O3. The predicted octanol–water partition coefficient (Wildman–Crippen LogP) is 2.65. The van der Waals surface area contributed by atoms with Crippen LogP contribution < -0.4 is 15.4 Å². The van der Waals surface area contributed by atoms with Gasteiger partial charge in [0.15, 0.2) is 5.82 Å². The van der Waals surface area contributed by atoms with Crippen molar-refractivity contribution in [2.24, 2.45) is 0 Å². The molecule has 0 fully saturated rings. The Morgan fingerprint density at radius 1 is 1.06 bits per heavy atom. The van der Waals surface area contributed by atoms with Crippen LogP contribution in [-0.2, 0) is 25.9 Å². The summed E-state index contributed by atoms with van der Waals surface area (Å²) in [7, 11) is 0. The molecule has 0 radical (unpaired) electrons. The number of nitrogens with one attached hydrogen (secondary N) is 2. The van der Waals surface area contributed by atoms with Crippen molar-refractivity contribution in [1.29, 1.82) is 0 Å². The smallest absolute Gasteiger partial charge is 0.255 e. The van der Waals surface area contributed by atoms with Crippen molar-refractivity contribution < 1.29 is 14.3 Å². The third-order valence-corrected chi connectivity index (χ3v) is 5.79. The monoisotopic (exact) mass is 417 g/mol. The molecule has 2 aromatic carbocycles. The molecule has 0 unspecified atom stereocenters. The molecule has 3 heterocycles. The lowest BCUT2D eigenvalue weighted by atomic mass is 10.1. The number of aryl methyl sites for hydroxylation is 2. The summed E-state index contributed by atoms with van der Waals surface area (Å²) in [6, 6.07) is 10.7. The van der Waals surface area contributed by atoms with Crippen LogP contribution in [0.25, 0.3) is 0 Å². The van der Waals surface area contributed by atoms with Gasteiger partial charge in [-0.2, -0.15) is 0 Å². The second-order valence-corrected chi connectivity index (χ2v) is 7.88. The van der Waals surface area contributed by atoms with Gasteiger partial charge in [-0.25, -0.2) is 0 Å². The van der Waals surface area contributed by atoms with E-state index in [4.69, 9.17) is 4.74 Å². The van der Waals surface area contributed by atoms with Crippen molar-refractivity contribution in [2.45, 2.75) is 39.3 Å². The van der Waals surface area contributed by atoms with Gasteiger partial charge in [-0.05, 0) is 54.8 Å². The molecule has 0 aliphatic carbocycles. The standard InChI is InChI=1S/C23H23N5O3/c1-14-4-5-17(22(29)24-13-21-27-26-20-3-2-9-28(20)21)12-18(14)25-23(30)16-6-7-19-15(11-16)8-10-31-19/h4-7,11-12H,2-3,8-10,13H2,1H3,(H,24,29)(H,25,30). The lowest BCUT2D eigenvalue weighted by Crippen LogP contribution is -2.25. The molecule has 1 aromatic heterocycles. The highest BCUT2D eigenvalue weighted by Crippen LogP contribution is 2.26. The highest BCUT2D eigenvalue weighted by atomic mass is 16.5. The first kappa shape index (κ1) is 19.3. The molecule has 158 valence electrons. The number of ether oxygens (including phenoxy) is 1. The Morgan fingerprint density at radius 2 is 1.90 bits per heavy atom. The van der Waals surface area contributed by atoms with Crippen molar-refractivity contribution in [3.05, 3.63) is 70.3 Å². The van der Waals surface area contributed by atoms with Crippen LogP contribution in [0, 0.1) is 6.92 Å². The summed E-state index contributed by atoms with van der Waals surface area (Å²) in [6.07, 6.45) is 2.80. The van der Waals surface area contributed by atoms with E-state index >= 15 is 0 Å². The van der Waals surface area contributed by atoms with Gasteiger partial charge in [0.05, 0.1) is 13.2 Å². The topological polar surface area (TPSA) is 98.1 Å². The van der Waals surface area contributed by atoms with Gasteiger partial charge in [0.1, 0.15) is 11.6 Å². The van der Waals surface area contributed by atoms with Gasteiger partial charge in [-0.3, -0.25) is 9.59 Å². The molecule has 2 amide bonds. The molecular weight excluding hydrogens is 394 g/mol. The van der Waals surface area contributed by atoms with E-state index in [1.807, 2.05) is 25.1 Å². The summed E-state index contributed by atoms with van der Waals surface area (Å²) >= 11 is 0. The predicted molar refractivity (Wildman–Crippen MR) is 114 cm³/mol. The van der Waals surface area contributed by atoms with Crippen LogP contribution in [-0.4, -0.2) is 33.2 Å². The van der Waals surface area contributed by atoms with Gasteiger partial charge in [0.2, 0.25) is 0 Å². The zero-order valence-corrected chi connectivity index (χ0v) is 17.3. The maximum absolute atomic E-state index is 12.8. The zero-order chi connectivity index (χ0) is 21.4. The number of nitrogens with zero attached hydrogens (tertiary/aromatic N) is 3. The third kappa shape index (κ3) is 3.76. The highest BCUT2D eigenvalue weighted by molar-refractivity contribution is 6.05. The Balaban J connectivity index is 1.28. The first-order valence-electron chi connectivity index (χ1n) is 10.5. The number of benzene rings is 2. The average molecular weight is 417 g/mol. The molecule has 8 heteroatoms. The molecule has 0 bridgehead atoms. The molecule has 0 spiro atoms. The van der Waals surface area contributed by atoms with Crippen molar-refractivity contribution in [2.75, 3.05) is 11.9 Å². The Hall–Kier alpha value is -3.68. The van der Waals surface area contributed by atoms with E-state index in [0.717, 1.165) is 54.3 Å². The zero-order valence-electron chi connectivity index (χ0n) is 17.3. The summed E-state index contributed by atoms with van der Waals surface area (Å²) in [6.45, 7) is 3.75. The fraction of sp³-hybridized carbons (Fsp3) is 0.304. The van der Waals surface area contributed by atoms with Crippen LogP contribution >= 0.6 is 0 Å². The number of anilines is 1. The minimum Gasteiger partial charge on any atom is -0.493 e. The first-order valence-corrected chi connectivity index (χ1v) is 10.5. The van der Waals surface area contributed by atoms with E-state index in [2.05, 4.69) is 25.4 Å². The van der Waals surface area contributed by atoms with Crippen LogP contribution in [0.15, 0.2) is 36.4 Å². The largest absolute Gasteiger partial charge is 0.493 e. The van der Waals surface area contributed by atoms with Crippen LogP contribution in [0.2, 0.25) is 0 Å². The highest BCUT2D eigenvalue weighted by Gasteiger charge is 2.19. The first-order chi connectivity index (χ1) is 15.1. The third-order valence-electron chi connectivity index (χ3n) is 5.79. The molecule has 5 rings (SSSR count). The average Bonchev–Trinajstić information content (AvgIpc) is 3.50. The summed E-state index contributed by atoms with van der Waals surface area (Å²) < 4.78 is 7.56. The number of fused-ring (bicyclic) bond motifs is 2. The van der Waals surface area contributed by atoms with Crippen molar-refractivity contribution in [3.63, 3.8) is 0 Å². The maximum atomic E-state index is 12.8. The molecule has 8 nitrogen and oxygen atoms in total. The molecule has 0 saturated heterocycles. The van der Waals surface area contributed by atoms with Crippen molar-refractivity contribution in [1.82, 2.24) is 20.1 Å². The lowest BCUT2D eigenvalue weighted by Gasteiger charge is -2.12. The number of rotatable bonds is 5. The Labute approximate surface area is 179 Å². The van der Waals surface area contributed by atoms with Gasteiger partial charge in [-0.15, -0.1) is 10.2 Å². The lowest BCUT2D eigenvalue weighted by molar-refractivity contribution is 0.0948. The van der Waals surface area contributed by atoms with E-state index in [-0.39, 0.29) is 11.8 Å². The molecule has 2 aliphatic rings. The minimum absolute atomic E-state index is 0.214. The van der Waals surface area contributed by atoms with E-state index in [0.29, 0.717) is 30.0 Å². The number of carbonyl (C=O) groups is 2. The quantitative estimate of drug-likeness (QED) is 0.665. The molecule has 2 N–H and O–H groups in total. The van der Waals surface area contributed by atoms with E-state index < -0.39 is 0 Å². The van der Waals surface area contributed by atoms with Gasteiger partial charge in [0, 0.05) is 36.2 Å². The van der Waals surface area contributed by atoms with Gasteiger partial charge in [0.25, 0.3) is 11.8 Å². The normalized spacial score (nSPS) is 14.0. The van der Waals surface area contributed by atoms with Crippen LogP contribution in [0.1, 0.15) is 49.9 Å². The van der Waals surface area contributed by atoms with Crippen LogP contribution in [0.3, 0.4) is 0 Å². The Morgan fingerprint density at radius 3 is 2.81 bits per heavy atom. The molecule has 2 aliphatic heterocycles. The summed E-state index contributed by atoms with van der Waals surface area (Å²) in [5, 5.41) is 14.2. The van der Waals surface area contributed by atoms with Crippen molar-refractivity contribution in [3.8, 4) is 5.75 Å². The molecule has 3 aromatic rings. The van der Waals surface area contributed by atoms with E-state index in [1.54, 1.807) is 18.2 Å². The summed E-state index contributed by atoms with van der Waals surface area (Å²) in [4.78, 5) is 25.5. The minimum atomic E-state index is -0.222. The molecule has 0 atom stereocenters. The number of aromatic nitrogens is 3. The second-order valence-electron chi connectivity index (χ2n) is 7.88. The van der Waals surface area contributed by atoms with E-state index in [1.165, 1.54) is 0 Å². The van der Waals surface area contributed by atoms with E-state index in [9.17, 15) is 9.59 Å². The van der Waals surface area contributed by atoms with Gasteiger partial charge < -0.3 is 19.9 Å². The van der Waals surface area contributed by atoms with Crippen LogP contribution in [0.5, 0.6) is 5.75 Å².